The molecule has 3 heterocycles. The fourth-order valence-electron chi connectivity index (χ4n) is 3.84. The van der Waals surface area contributed by atoms with Crippen molar-refractivity contribution in [2.24, 2.45) is 19.2 Å². The van der Waals surface area contributed by atoms with E-state index >= 15 is 0 Å². The number of hydrazone groups is 1. The normalized spacial score (nSPS) is 11.6. The molecule has 2 aromatic carbocycles. The lowest BCUT2D eigenvalue weighted by atomic mass is 10.1. The SMILES string of the molecule is Cn1c(NN=Cc2ccnc3ccccc23)nc2c1c(=O)n(Cc1ccccc1)c(=O)n2C. The van der Waals surface area contributed by atoms with Crippen molar-refractivity contribution in [2.45, 2.75) is 6.54 Å². The number of hydrogen-bond acceptors (Lipinski definition) is 6. The van der Waals surface area contributed by atoms with Crippen LogP contribution in [0.5, 0.6) is 0 Å². The molecule has 3 aromatic heterocycles. The smallest absolute Gasteiger partial charge is 0.306 e. The van der Waals surface area contributed by atoms with Gasteiger partial charge in [-0.15, -0.1) is 0 Å². The number of aromatic nitrogens is 5. The molecule has 0 spiro atoms. The van der Waals surface area contributed by atoms with Crippen molar-refractivity contribution in [3.05, 3.63) is 98.8 Å². The summed E-state index contributed by atoms with van der Waals surface area (Å²) < 4.78 is 4.21. The lowest BCUT2D eigenvalue weighted by Crippen LogP contribution is -2.39. The summed E-state index contributed by atoms with van der Waals surface area (Å²) in [5, 5.41) is 5.28. The predicted octanol–water partition coefficient (Wildman–Crippen LogP) is 2.48. The lowest BCUT2D eigenvalue weighted by Gasteiger charge is -2.08. The Balaban J connectivity index is 1.52. The maximum absolute atomic E-state index is 13.2. The van der Waals surface area contributed by atoms with E-state index in [2.05, 4.69) is 20.5 Å². The number of hydrogen-bond donors (Lipinski definition) is 1. The van der Waals surface area contributed by atoms with Gasteiger partial charge in [0.2, 0.25) is 5.95 Å². The molecule has 0 saturated heterocycles. The van der Waals surface area contributed by atoms with E-state index in [9.17, 15) is 9.59 Å². The molecular formula is C24H21N7O2. The van der Waals surface area contributed by atoms with Gasteiger partial charge in [0.05, 0.1) is 18.3 Å². The number of pyridine rings is 1. The molecule has 0 bridgehead atoms. The van der Waals surface area contributed by atoms with E-state index in [0.717, 1.165) is 22.0 Å². The highest BCUT2D eigenvalue weighted by Crippen LogP contribution is 2.16. The fraction of sp³-hybridized carbons (Fsp3) is 0.125. The van der Waals surface area contributed by atoms with Crippen molar-refractivity contribution < 1.29 is 0 Å². The molecule has 5 aromatic rings. The number of aryl methyl sites for hydroxylation is 2. The minimum atomic E-state index is -0.423. The molecule has 0 aliphatic rings. The van der Waals surface area contributed by atoms with E-state index in [1.807, 2.05) is 60.7 Å². The van der Waals surface area contributed by atoms with Gasteiger partial charge >= 0.3 is 5.69 Å². The zero-order valence-electron chi connectivity index (χ0n) is 18.1. The van der Waals surface area contributed by atoms with Crippen LogP contribution in [-0.4, -0.2) is 29.9 Å². The van der Waals surface area contributed by atoms with E-state index < -0.39 is 11.2 Å². The summed E-state index contributed by atoms with van der Waals surface area (Å²) in [4.78, 5) is 34.9. The van der Waals surface area contributed by atoms with Crippen LogP contribution in [0.4, 0.5) is 5.95 Å². The summed E-state index contributed by atoms with van der Waals surface area (Å²) in [6, 6.07) is 19.1. The molecule has 33 heavy (non-hydrogen) atoms. The first-order chi connectivity index (χ1) is 16.0. The van der Waals surface area contributed by atoms with E-state index in [0.29, 0.717) is 17.1 Å². The summed E-state index contributed by atoms with van der Waals surface area (Å²) in [6.45, 7) is 0.184. The number of nitrogens with one attached hydrogen (secondary N) is 1. The fourth-order valence-corrected chi connectivity index (χ4v) is 3.84. The summed E-state index contributed by atoms with van der Waals surface area (Å²) in [6.07, 6.45) is 3.40. The van der Waals surface area contributed by atoms with E-state index in [1.54, 1.807) is 31.1 Å². The molecule has 0 saturated carbocycles. The first kappa shape index (κ1) is 20.4. The molecule has 0 unspecified atom stereocenters. The molecule has 9 heteroatoms. The largest absolute Gasteiger partial charge is 0.332 e. The van der Waals surface area contributed by atoms with Gasteiger partial charge in [0.25, 0.3) is 5.56 Å². The van der Waals surface area contributed by atoms with Crippen LogP contribution >= 0.6 is 0 Å². The zero-order chi connectivity index (χ0) is 22.9. The zero-order valence-corrected chi connectivity index (χ0v) is 18.1. The Kier molecular flexibility index (Phi) is 5.06. The summed E-state index contributed by atoms with van der Waals surface area (Å²) in [7, 11) is 3.32. The second kappa shape index (κ2) is 8.19. The van der Waals surface area contributed by atoms with Crippen LogP contribution in [0.15, 0.2) is 81.6 Å². The van der Waals surface area contributed by atoms with Crippen LogP contribution in [0.2, 0.25) is 0 Å². The molecule has 164 valence electrons. The van der Waals surface area contributed by atoms with Crippen LogP contribution < -0.4 is 16.7 Å². The number of benzene rings is 2. The van der Waals surface area contributed by atoms with Crippen molar-refractivity contribution in [1.29, 1.82) is 0 Å². The van der Waals surface area contributed by atoms with Gasteiger partial charge in [-0.2, -0.15) is 10.1 Å². The van der Waals surface area contributed by atoms with Crippen molar-refractivity contribution >= 4 is 34.2 Å². The molecule has 0 atom stereocenters. The molecule has 0 amide bonds. The maximum atomic E-state index is 13.2. The van der Waals surface area contributed by atoms with Crippen LogP contribution in [0.3, 0.4) is 0 Å². The van der Waals surface area contributed by atoms with Crippen molar-refractivity contribution in [3.63, 3.8) is 0 Å². The summed E-state index contributed by atoms with van der Waals surface area (Å²) in [5.74, 6) is 0.351. The van der Waals surface area contributed by atoms with Gasteiger partial charge < -0.3 is 4.57 Å². The van der Waals surface area contributed by atoms with Gasteiger partial charge in [0.15, 0.2) is 11.2 Å². The van der Waals surface area contributed by atoms with Gasteiger partial charge in [-0.05, 0) is 17.7 Å². The second-order valence-corrected chi connectivity index (χ2v) is 7.67. The van der Waals surface area contributed by atoms with Crippen LogP contribution in [0.25, 0.3) is 22.1 Å². The molecule has 0 aliphatic heterocycles. The number of fused-ring (bicyclic) bond motifs is 2. The van der Waals surface area contributed by atoms with Crippen LogP contribution in [0, 0.1) is 0 Å². The van der Waals surface area contributed by atoms with Gasteiger partial charge in [-0.1, -0.05) is 48.5 Å². The number of nitrogens with zero attached hydrogens (tertiary/aromatic N) is 6. The van der Waals surface area contributed by atoms with Gasteiger partial charge in [0.1, 0.15) is 0 Å². The highest BCUT2D eigenvalue weighted by Gasteiger charge is 2.18. The molecule has 1 N–H and O–H groups in total. The lowest BCUT2D eigenvalue weighted by molar-refractivity contribution is 0.655. The summed E-state index contributed by atoms with van der Waals surface area (Å²) >= 11 is 0. The van der Waals surface area contributed by atoms with Crippen molar-refractivity contribution in [2.75, 3.05) is 5.43 Å². The Labute approximate surface area is 188 Å². The minimum absolute atomic E-state index is 0.184. The van der Waals surface area contributed by atoms with Crippen LogP contribution in [-0.2, 0) is 20.6 Å². The van der Waals surface area contributed by atoms with Crippen molar-refractivity contribution in [1.82, 2.24) is 23.7 Å². The topological polar surface area (TPSA) is 99.1 Å². The third kappa shape index (κ3) is 3.59. The van der Waals surface area contributed by atoms with Crippen molar-refractivity contribution in [3.8, 4) is 0 Å². The molecule has 0 aliphatic carbocycles. The third-order valence-corrected chi connectivity index (χ3v) is 5.59. The van der Waals surface area contributed by atoms with E-state index in [1.165, 1.54) is 9.13 Å². The van der Waals surface area contributed by atoms with Gasteiger partial charge in [-0.25, -0.2) is 10.2 Å². The molecule has 5 rings (SSSR count). The summed E-state index contributed by atoms with van der Waals surface area (Å²) in [5.41, 5.74) is 5.32. The number of anilines is 1. The van der Waals surface area contributed by atoms with E-state index in [-0.39, 0.29) is 6.54 Å². The monoisotopic (exact) mass is 439 g/mol. The third-order valence-electron chi connectivity index (χ3n) is 5.59. The number of rotatable bonds is 5. The number of para-hydroxylation sites is 1. The predicted molar refractivity (Wildman–Crippen MR) is 129 cm³/mol. The number of imidazole rings is 1. The minimum Gasteiger partial charge on any atom is -0.306 e. The van der Waals surface area contributed by atoms with Crippen LogP contribution in [0.1, 0.15) is 11.1 Å². The maximum Gasteiger partial charge on any atom is 0.332 e. The molecular weight excluding hydrogens is 418 g/mol. The Hall–Kier alpha value is -4.53. The highest BCUT2D eigenvalue weighted by molar-refractivity contribution is 5.98. The molecule has 0 fully saturated rings. The first-order valence-corrected chi connectivity index (χ1v) is 10.4. The molecule has 0 radical (unpaired) electrons. The van der Waals surface area contributed by atoms with E-state index in [4.69, 9.17) is 0 Å². The average Bonchev–Trinajstić information content (AvgIpc) is 3.17. The molecule has 9 nitrogen and oxygen atoms in total. The Morgan fingerprint density at radius 1 is 0.970 bits per heavy atom. The Morgan fingerprint density at radius 2 is 1.73 bits per heavy atom. The second-order valence-electron chi connectivity index (χ2n) is 7.67. The van der Waals surface area contributed by atoms with Gasteiger partial charge in [-0.3, -0.25) is 18.9 Å². The quantitative estimate of drug-likeness (QED) is 0.335. The Bertz CT molecular complexity index is 1620. The highest BCUT2D eigenvalue weighted by atomic mass is 16.2. The first-order valence-electron chi connectivity index (χ1n) is 10.4. The standard InChI is InChI=1S/C24H21N7O2/c1-29-20-21(30(2)24(33)31(22(20)32)15-16-8-4-3-5-9-16)27-23(29)28-26-14-17-12-13-25-19-11-7-6-10-18(17)19/h3-14H,15H2,1-2H3,(H,27,28). The average molecular weight is 439 g/mol. The van der Waals surface area contributed by atoms with Gasteiger partial charge in [0, 0.05) is 31.2 Å². The Morgan fingerprint density at radius 3 is 2.55 bits per heavy atom.